The molecule has 0 atom stereocenters. The van der Waals surface area contributed by atoms with Gasteiger partial charge in [-0.3, -0.25) is 4.79 Å². The Hall–Kier alpha value is -1.65. The van der Waals surface area contributed by atoms with Crippen molar-refractivity contribution in [2.75, 3.05) is 26.5 Å². The highest BCUT2D eigenvalue weighted by atomic mass is 16.2. The molecule has 0 fully saturated rings. The van der Waals surface area contributed by atoms with Crippen LogP contribution in [0.15, 0.2) is 12.4 Å². The highest BCUT2D eigenvalue weighted by Gasteiger charge is 2.14. The summed E-state index contributed by atoms with van der Waals surface area (Å²) in [5.41, 5.74) is 0.343. The zero-order valence-corrected chi connectivity index (χ0v) is 10.6. The Balaban J connectivity index is 0.000000673. The Morgan fingerprint density at radius 1 is 1.31 bits per heavy atom. The Morgan fingerprint density at radius 2 is 1.81 bits per heavy atom. The van der Waals surface area contributed by atoms with E-state index in [2.05, 4.69) is 29.1 Å². The van der Waals surface area contributed by atoms with Crippen LogP contribution in [0, 0.1) is 0 Å². The minimum Gasteiger partial charge on any atom is -0.371 e. The van der Waals surface area contributed by atoms with E-state index in [0.717, 1.165) is 0 Å². The number of rotatable bonds is 2. The molecule has 0 aliphatic carbocycles. The number of nitrogens with one attached hydrogen (secondary N) is 1. The van der Waals surface area contributed by atoms with E-state index in [0.29, 0.717) is 11.5 Å². The summed E-state index contributed by atoms with van der Waals surface area (Å²) in [4.78, 5) is 20.9. The molecule has 0 aliphatic rings. The van der Waals surface area contributed by atoms with Gasteiger partial charge in [-0.05, 0) is 0 Å². The highest BCUT2D eigenvalue weighted by molar-refractivity contribution is 5.96. The molecular formula is C11H20N4O. The van der Waals surface area contributed by atoms with Gasteiger partial charge >= 0.3 is 0 Å². The fourth-order valence-electron chi connectivity index (χ4n) is 0.889. The van der Waals surface area contributed by atoms with Crippen molar-refractivity contribution in [1.29, 1.82) is 0 Å². The highest BCUT2D eigenvalue weighted by Crippen LogP contribution is 2.08. The Labute approximate surface area is 96.9 Å². The predicted octanol–water partition coefficient (Wildman–Crippen LogP) is 1.64. The number of nitrogens with zero attached hydrogens (tertiary/aromatic N) is 3. The number of hydrogen-bond acceptors (Lipinski definition) is 4. The Morgan fingerprint density at radius 3 is 2.25 bits per heavy atom. The molecule has 1 aromatic rings. The minimum atomic E-state index is -0.155. The number of hydrogen-bond donors (Lipinski definition) is 1. The lowest BCUT2D eigenvalue weighted by Crippen LogP contribution is -2.24. The molecule has 1 N–H and O–H groups in total. The zero-order chi connectivity index (χ0) is 12.6. The van der Waals surface area contributed by atoms with E-state index >= 15 is 0 Å². The second-order valence-electron chi connectivity index (χ2n) is 3.41. The van der Waals surface area contributed by atoms with E-state index in [1.807, 2.05) is 0 Å². The van der Waals surface area contributed by atoms with Gasteiger partial charge < -0.3 is 10.2 Å². The Kier molecular flexibility index (Phi) is 6.83. The van der Waals surface area contributed by atoms with Gasteiger partial charge in [0.2, 0.25) is 0 Å². The fourth-order valence-corrected chi connectivity index (χ4v) is 0.889. The van der Waals surface area contributed by atoms with Crippen LogP contribution in [0.4, 0.5) is 5.82 Å². The van der Waals surface area contributed by atoms with Crippen LogP contribution in [-0.4, -0.2) is 41.9 Å². The van der Waals surface area contributed by atoms with Crippen LogP contribution in [0.25, 0.3) is 0 Å². The Bertz CT molecular complexity index is 326. The summed E-state index contributed by atoms with van der Waals surface area (Å²) in [6.45, 7) is 4.25. The van der Waals surface area contributed by atoms with E-state index in [-0.39, 0.29) is 5.91 Å². The summed E-state index contributed by atoms with van der Waals surface area (Å²) in [6, 6.07) is 0. The van der Waals surface area contributed by atoms with Gasteiger partial charge in [0.1, 0.15) is 0 Å². The molecule has 0 spiro atoms. The van der Waals surface area contributed by atoms with Gasteiger partial charge in [-0.2, -0.15) is 0 Å². The van der Waals surface area contributed by atoms with E-state index in [1.165, 1.54) is 23.7 Å². The van der Waals surface area contributed by atoms with Crippen LogP contribution >= 0.6 is 0 Å². The van der Waals surface area contributed by atoms with Crippen molar-refractivity contribution in [1.82, 2.24) is 14.9 Å². The van der Waals surface area contributed by atoms with Gasteiger partial charge in [-0.25, -0.2) is 9.97 Å². The molecule has 0 bridgehead atoms. The van der Waals surface area contributed by atoms with Crippen LogP contribution in [0.1, 0.15) is 30.8 Å². The lowest BCUT2D eigenvalue weighted by Gasteiger charge is -2.11. The molecule has 5 nitrogen and oxygen atoms in total. The third-order valence-electron chi connectivity index (χ3n) is 1.54. The monoisotopic (exact) mass is 224 g/mol. The van der Waals surface area contributed by atoms with E-state index in [4.69, 9.17) is 0 Å². The van der Waals surface area contributed by atoms with Crippen LogP contribution < -0.4 is 5.32 Å². The summed E-state index contributed by atoms with van der Waals surface area (Å²) in [6.07, 6.45) is 4.29. The lowest BCUT2D eigenvalue weighted by molar-refractivity contribution is 0.0822. The normalized spacial score (nSPS) is 8.81. The molecule has 1 aromatic heterocycles. The first-order valence-corrected chi connectivity index (χ1v) is 5.28. The summed E-state index contributed by atoms with van der Waals surface area (Å²) < 4.78 is 0. The molecule has 90 valence electrons. The molecule has 0 saturated carbocycles. The first-order chi connectivity index (χ1) is 7.58. The molecule has 1 rings (SSSR count). The molecular weight excluding hydrogens is 204 g/mol. The van der Waals surface area contributed by atoms with Gasteiger partial charge in [-0.1, -0.05) is 20.3 Å². The fraction of sp³-hybridized carbons (Fsp3) is 0.545. The van der Waals surface area contributed by atoms with Gasteiger partial charge in [0, 0.05) is 33.5 Å². The average Bonchev–Trinajstić information content (AvgIpc) is 2.29. The van der Waals surface area contributed by atoms with Crippen LogP contribution in [0.5, 0.6) is 0 Å². The summed E-state index contributed by atoms with van der Waals surface area (Å²) in [5.74, 6) is 0.346. The largest absolute Gasteiger partial charge is 0.371 e. The van der Waals surface area contributed by atoms with Crippen LogP contribution in [-0.2, 0) is 0 Å². The molecule has 0 aromatic carbocycles. The number of anilines is 1. The summed E-state index contributed by atoms with van der Waals surface area (Å²) in [5, 5.41) is 2.81. The molecule has 5 heteroatoms. The van der Waals surface area contributed by atoms with E-state index in [9.17, 15) is 4.79 Å². The maximum absolute atomic E-state index is 11.5. The van der Waals surface area contributed by atoms with Gasteiger partial charge in [-0.15, -0.1) is 0 Å². The summed E-state index contributed by atoms with van der Waals surface area (Å²) >= 11 is 0. The molecule has 0 aliphatic heterocycles. The van der Waals surface area contributed by atoms with Gasteiger partial charge in [0.15, 0.2) is 11.5 Å². The second-order valence-corrected chi connectivity index (χ2v) is 3.41. The van der Waals surface area contributed by atoms with Crippen molar-refractivity contribution in [2.45, 2.75) is 20.3 Å². The number of carbonyl (C=O) groups excluding carboxylic acids is 1. The maximum atomic E-state index is 11.5. The first-order valence-electron chi connectivity index (χ1n) is 5.28. The van der Waals surface area contributed by atoms with Gasteiger partial charge in [0.05, 0.1) is 0 Å². The van der Waals surface area contributed by atoms with Crippen molar-refractivity contribution >= 4 is 11.7 Å². The van der Waals surface area contributed by atoms with Crippen molar-refractivity contribution in [3.63, 3.8) is 0 Å². The first kappa shape index (κ1) is 14.3. The average molecular weight is 224 g/mol. The minimum absolute atomic E-state index is 0.155. The molecule has 16 heavy (non-hydrogen) atoms. The second kappa shape index (κ2) is 7.62. The predicted molar refractivity (Wildman–Crippen MR) is 65.6 cm³/mol. The quantitative estimate of drug-likeness (QED) is 0.829. The molecule has 0 radical (unpaired) electrons. The lowest BCUT2D eigenvalue weighted by atomic mass is 10.3. The van der Waals surface area contributed by atoms with Gasteiger partial charge in [0.25, 0.3) is 5.91 Å². The number of aromatic nitrogens is 2. The molecule has 1 amide bonds. The summed E-state index contributed by atoms with van der Waals surface area (Å²) in [7, 11) is 5.06. The number of carbonyl (C=O) groups is 1. The smallest absolute Gasteiger partial charge is 0.275 e. The van der Waals surface area contributed by atoms with Crippen LogP contribution in [0.3, 0.4) is 0 Å². The topological polar surface area (TPSA) is 58.1 Å². The maximum Gasteiger partial charge on any atom is 0.275 e. The van der Waals surface area contributed by atoms with E-state index < -0.39 is 0 Å². The van der Waals surface area contributed by atoms with E-state index in [1.54, 1.807) is 21.1 Å². The number of amides is 1. The molecule has 0 saturated heterocycles. The van der Waals surface area contributed by atoms with Crippen molar-refractivity contribution in [3.8, 4) is 0 Å². The van der Waals surface area contributed by atoms with Crippen LogP contribution in [0.2, 0.25) is 0 Å². The molecule has 1 heterocycles. The zero-order valence-electron chi connectivity index (χ0n) is 10.6. The molecule has 0 unspecified atom stereocenters. The third-order valence-corrected chi connectivity index (χ3v) is 1.54. The third kappa shape index (κ3) is 4.25. The van der Waals surface area contributed by atoms with Crippen molar-refractivity contribution in [2.24, 2.45) is 0 Å². The standard InChI is InChI=1S/C8H12N4O.C3H8/c1-9-7-6(8(13)12(2)3)10-4-5-11-7;1-3-2/h4-5H,1-3H3,(H,9,11);3H2,1-2H3. The van der Waals surface area contributed by atoms with Crippen molar-refractivity contribution < 1.29 is 4.79 Å². The SMILES string of the molecule is CCC.CNc1nccnc1C(=O)N(C)C. The van der Waals surface area contributed by atoms with Crippen molar-refractivity contribution in [3.05, 3.63) is 18.1 Å².